The van der Waals surface area contributed by atoms with E-state index in [-0.39, 0.29) is 5.91 Å². The maximum Gasteiger partial charge on any atom is 0.236 e. The Morgan fingerprint density at radius 3 is 2.50 bits per heavy atom. The van der Waals surface area contributed by atoms with Gasteiger partial charge in [0.25, 0.3) is 0 Å². The molecule has 1 aliphatic carbocycles. The van der Waals surface area contributed by atoms with Crippen molar-refractivity contribution in [1.29, 1.82) is 0 Å². The van der Waals surface area contributed by atoms with Gasteiger partial charge in [-0.3, -0.25) is 4.79 Å². The zero-order valence-corrected chi connectivity index (χ0v) is 12.3. The highest BCUT2D eigenvalue weighted by Gasteiger charge is 2.23. The lowest BCUT2D eigenvalue weighted by Crippen LogP contribution is -2.40. The predicted octanol–water partition coefficient (Wildman–Crippen LogP) is 2.03. The Balaban J connectivity index is 2.09. The Kier molecular flexibility index (Phi) is 5.41. The van der Waals surface area contributed by atoms with Gasteiger partial charge in [0.05, 0.1) is 6.54 Å². The molecule has 1 amide bonds. The van der Waals surface area contributed by atoms with E-state index < -0.39 is 0 Å². The van der Waals surface area contributed by atoms with Crippen LogP contribution in [0.5, 0.6) is 0 Å². The van der Waals surface area contributed by atoms with Gasteiger partial charge in [-0.2, -0.15) is 0 Å². The second-order valence-electron chi connectivity index (χ2n) is 5.48. The van der Waals surface area contributed by atoms with Crippen LogP contribution >= 0.6 is 0 Å². The zero-order chi connectivity index (χ0) is 14.4. The predicted molar refractivity (Wildman–Crippen MR) is 82.6 cm³/mol. The second-order valence-corrected chi connectivity index (χ2v) is 5.48. The first-order chi connectivity index (χ1) is 9.70. The van der Waals surface area contributed by atoms with Crippen molar-refractivity contribution in [3.63, 3.8) is 0 Å². The molecule has 0 saturated heterocycles. The average Bonchev–Trinajstić information content (AvgIpc) is 2.97. The fourth-order valence-corrected chi connectivity index (χ4v) is 2.89. The average molecular weight is 275 g/mol. The Labute approximate surface area is 121 Å². The van der Waals surface area contributed by atoms with Crippen LogP contribution in [-0.2, 0) is 11.3 Å². The van der Waals surface area contributed by atoms with Crippen molar-refractivity contribution in [2.75, 3.05) is 18.0 Å². The van der Waals surface area contributed by atoms with Gasteiger partial charge in [0.1, 0.15) is 0 Å². The van der Waals surface area contributed by atoms with Crippen LogP contribution in [0.4, 0.5) is 5.69 Å². The van der Waals surface area contributed by atoms with E-state index in [4.69, 9.17) is 5.73 Å². The minimum atomic E-state index is -0.256. The quantitative estimate of drug-likeness (QED) is 0.800. The van der Waals surface area contributed by atoms with E-state index in [9.17, 15) is 4.79 Å². The fraction of sp³-hybridized carbons (Fsp3) is 0.562. The highest BCUT2D eigenvalue weighted by Crippen LogP contribution is 2.28. The molecule has 1 fully saturated rings. The topological polar surface area (TPSA) is 58.4 Å². The molecule has 1 aromatic rings. The molecule has 4 heteroatoms. The van der Waals surface area contributed by atoms with Gasteiger partial charge >= 0.3 is 0 Å². The molecular weight excluding hydrogens is 250 g/mol. The highest BCUT2D eigenvalue weighted by molar-refractivity contribution is 5.79. The summed E-state index contributed by atoms with van der Waals surface area (Å²) in [5, 5.41) is 3.31. The van der Waals surface area contributed by atoms with Crippen LogP contribution in [0.15, 0.2) is 24.3 Å². The molecule has 0 spiro atoms. The smallest absolute Gasteiger partial charge is 0.236 e. The number of amides is 1. The first-order valence-corrected chi connectivity index (χ1v) is 7.55. The van der Waals surface area contributed by atoms with Gasteiger partial charge in [0, 0.05) is 18.3 Å². The van der Waals surface area contributed by atoms with Gasteiger partial charge in [-0.1, -0.05) is 31.9 Å². The Hall–Kier alpha value is -1.55. The van der Waals surface area contributed by atoms with Crippen molar-refractivity contribution in [3.8, 4) is 0 Å². The highest BCUT2D eigenvalue weighted by atomic mass is 16.1. The molecule has 3 N–H and O–H groups in total. The summed E-state index contributed by atoms with van der Waals surface area (Å²) in [7, 11) is 0. The molecule has 0 heterocycles. The van der Waals surface area contributed by atoms with E-state index in [1.54, 1.807) is 0 Å². The van der Waals surface area contributed by atoms with E-state index in [2.05, 4.69) is 41.4 Å². The molecule has 2 rings (SSSR count). The third kappa shape index (κ3) is 3.97. The zero-order valence-electron chi connectivity index (χ0n) is 12.3. The number of carbonyl (C=O) groups excluding carboxylic acids is 1. The summed E-state index contributed by atoms with van der Waals surface area (Å²) < 4.78 is 0. The van der Waals surface area contributed by atoms with Gasteiger partial charge in [0.15, 0.2) is 0 Å². The fourth-order valence-electron chi connectivity index (χ4n) is 2.89. The first-order valence-electron chi connectivity index (χ1n) is 7.55. The molecule has 0 bridgehead atoms. The van der Waals surface area contributed by atoms with Crippen LogP contribution in [-0.4, -0.2) is 25.0 Å². The summed E-state index contributed by atoms with van der Waals surface area (Å²) >= 11 is 0. The van der Waals surface area contributed by atoms with Crippen molar-refractivity contribution in [2.24, 2.45) is 5.73 Å². The van der Waals surface area contributed by atoms with Gasteiger partial charge in [-0.15, -0.1) is 0 Å². The van der Waals surface area contributed by atoms with Crippen molar-refractivity contribution in [2.45, 2.75) is 45.2 Å². The summed E-state index contributed by atoms with van der Waals surface area (Å²) in [5.74, 6) is -0.256. The van der Waals surface area contributed by atoms with Crippen LogP contribution in [0.25, 0.3) is 0 Å². The summed E-state index contributed by atoms with van der Waals surface area (Å²) in [6, 6.07) is 8.92. The van der Waals surface area contributed by atoms with Crippen LogP contribution < -0.4 is 16.0 Å². The summed E-state index contributed by atoms with van der Waals surface area (Å²) in [6.07, 6.45) is 4.82. The molecule has 1 aliphatic rings. The van der Waals surface area contributed by atoms with Crippen LogP contribution in [0, 0.1) is 0 Å². The monoisotopic (exact) mass is 275 g/mol. The van der Waals surface area contributed by atoms with Crippen LogP contribution in [0.1, 0.15) is 38.2 Å². The number of hydrogen-bond acceptors (Lipinski definition) is 3. The Morgan fingerprint density at radius 2 is 1.95 bits per heavy atom. The van der Waals surface area contributed by atoms with Gasteiger partial charge < -0.3 is 16.0 Å². The van der Waals surface area contributed by atoms with Crippen molar-refractivity contribution in [3.05, 3.63) is 29.8 Å². The molecule has 20 heavy (non-hydrogen) atoms. The normalized spacial score (nSPS) is 15.4. The molecule has 1 saturated carbocycles. The van der Waals surface area contributed by atoms with E-state index in [0.717, 1.165) is 31.6 Å². The van der Waals surface area contributed by atoms with E-state index in [0.29, 0.717) is 12.6 Å². The molecule has 110 valence electrons. The number of anilines is 1. The molecule has 0 unspecified atom stereocenters. The minimum absolute atomic E-state index is 0.256. The number of nitrogens with one attached hydrogen (secondary N) is 1. The molecule has 0 radical (unpaired) electrons. The largest absolute Gasteiger partial charge is 0.368 e. The lowest BCUT2D eigenvalue weighted by Gasteiger charge is -2.30. The third-order valence-corrected chi connectivity index (χ3v) is 3.94. The van der Waals surface area contributed by atoms with Gasteiger partial charge in [-0.25, -0.2) is 0 Å². The standard InChI is InChI=1S/C16H25N3O/c1-2-18-11-13-7-9-15(10-8-13)19(12-16(17)20)14-5-3-4-6-14/h7-10,14,18H,2-6,11-12H2,1H3,(H2,17,20). The van der Waals surface area contributed by atoms with Gasteiger partial charge in [-0.05, 0) is 37.1 Å². The maximum absolute atomic E-state index is 11.3. The van der Waals surface area contributed by atoms with E-state index >= 15 is 0 Å². The first kappa shape index (κ1) is 14.9. The number of nitrogens with zero attached hydrogens (tertiary/aromatic N) is 1. The van der Waals surface area contributed by atoms with Crippen molar-refractivity contribution < 1.29 is 4.79 Å². The maximum atomic E-state index is 11.3. The molecule has 0 aliphatic heterocycles. The third-order valence-electron chi connectivity index (χ3n) is 3.94. The lowest BCUT2D eigenvalue weighted by atomic mass is 10.1. The summed E-state index contributed by atoms with van der Waals surface area (Å²) in [6.45, 7) is 4.27. The van der Waals surface area contributed by atoms with Crippen LogP contribution in [0.2, 0.25) is 0 Å². The molecule has 0 atom stereocenters. The van der Waals surface area contributed by atoms with Crippen molar-refractivity contribution in [1.82, 2.24) is 5.32 Å². The van der Waals surface area contributed by atoms with Crippen LogP contribution in [0.3, 0.4) is 0 Å². The Bertz CT molecular complexity index is 424. The number of primary amides is 1. The number of rotatable bonds is 7. The second kappa shape index (κ2) is 7.29. The molecule has 1 aromatic carbocycles. The molecule has 4 nitrogen and oxygen atoms in total. The molecular formula is C16H25N3O. The van der Waals surface area contributed by atoms with Crippen molar-refractivity contribution >= 4 is 11.6 Å². The number of benzene rings is 1. The number of hydrogen-bond donors (Lipinski definition) is 2. The summed E-state index contributed by atoms with van der Waals surface area (Å²) in [5.41, 5.74) is 7.78. The summed E-state index contributed by atoms with van der Waals surface area (Å²) in [4.78, 5) is 13.5. The number of nitrogens with two attached hydrogens (primary N) is 1. The minimum Gasteiger partial charge on any atom is -0.368 e. The van der Waals surface area contributed by atoms with E-state index in [1.807, 2.05) is 0 Å². The van der Waals surface area contributed by atoms with Gasteiger partial charge in [0.2, 0.25) is 5.91 Å². The van der Waals surface area contributed by atoms with E-state index in [1.165, 1.54) is 18.4 Å². The SMILES string of the molecule is CCNCc1ccc(N(CC(N)=O)C2CCCC2)cc1. The number of carbonyl (C=O) groups is 1. The lowest BCUT2D eigenvalue weighted by molar-refractivity contribution is -0.116. The molecule has 0 aromatic heterocycles. The Morgan fingerprint density at radius 1 is 1.30 bits per heavy atom.